The zero-order chi connectivity index (χ0) is 26.6. The highest BCUT2D eigenvalue weighted by atomic mass is 32.2. The van der Waals surface area contributed by atoms with Crippen LogP contribution in [0.5, 0.6) is 5.75 Å². The summed E-state index contributed by atoms with van der Waals surface area (Å²) in [5.41, 5.74) is 3.50. The predicted octanol–water partition coefficient (Wildman–Crippen LogP) is 4.16. The van der Waals surface area contributed by atoms with E-state index in [0.717, 1.165) is 28.9 Å². The normalized spacial score (nSPS) is 18.0. The van der Waals surface area contributed by atoms with Crippen LogP contribution in [0.3, 0.4) is 0 Å². The first-order chi connectivity index (χ1) is 17.7. The number of ether oxygens (including phenoxy) is 1. The number of para-hydroxylation sites is 1. The van der Waals surface area contributed by atoms with Gasteiger partial charge < -0.3 is 9.84 Å². The molecule has 0 saturated carbocycles. The molecule has 4 rings (SSSR count). The summed E-state index contributed by atoms with van der Waals surface area (Å²) in [5.74, 6) is -0.736. The first kappa shape index (κ1) is 26.8. The van der Waals surface area contributed by atoms with Crippen LogP contribution in [0.1, 0.15) is 61.4 Å². The van der Waals surface area contributed by atoms with Crippen molar-refractivity contribution in [1.82, 2.24) is 19.3 Å². The van der Waals surface area contributed by atoms with E-state index >= 15 is 0 Å². The lowest BCUT2D eigenvalue weighted by atomic mass is 9.88. The molecule has 0 fully saturated rings. The standard InChI is InChI=1S/C27H34N4O5S/c1-4-24-18-31(37(34,35)26-9-7-6-8-25(26)36-24)16-22-14-20(11-10-19(22)3)21(15-27(32)33)12-13-23-17-30(5-2)29-28-23/h6-11,14,17,21,24H,4-5,12-13,15-16,18H2,1-3H3,(H,32,33). The number of hydrogen-bond acceptors (Lipinski definition) is 6. The van der Waals surface area contributed by atoms with Gasteiger partial charge in [0.25, 0.3) is 0 Å². The zero-order valence-electron chi connectivity index (χ0n) is 21.5. The van der Waals surface area contributed by atoms with Crippen molar-refractivity contribution in [2.75, 3.05) is 6.54 Å². The minimum atomic E-state index is -3.78. The molecule has 9 nitrogen and oxygen atoms in total. The second kappa shape index (κ2) is 11.4. The van der Waals surface area contributed by atoms with Crippen LogP contribution in [0, 0.1) is 6.92 Å². The molecule has 198 valence electrons. The lowest BCUT2D eigenvalue weighted by Crippen LogP contribution is -2.36. The maximum Gasteiger partial charge on any atom is 0.303 e. The van der Waals surface area contributed by atoms with E-state index in [-0.39, 0.29) is 36.4 Å². The third kappa shape index (κ3) is 6.19. The number of aryl methyl sites for hydroxylation is 3. The highest BCUT2D eigenvalue weighted by molar-refractivity contribution is 7.89. The van der Waals surface area contributed by atoms with Gasteiger partial charge in [0.1, 0.15) is 16.7 Å². The summed E-state index contributed by atoms with van der Waals surface area (Å²) in [4.78, 5) is 11.9. The van der Waals surface area contributed by atoms with E-state index in [9.17, 15) is 18.3 Å². The smallest absolute Gasteiger partial charge is 0.303 e. The Morgan fingerprint density at radius 3 is 2.70 bits per heavy atom. The molecule has 3 aromatic rings. The number of carboxylic acid groups (broad SMARTS) is 1. The lowest BCUT2D eigenvalue weighted by molar-refractivity contribution is -0.137. The number of hydrogen-bond donors (Lipinski definition) is 1. The van der Waals surface area contributed by atoms with Crippen LogP contribution in [0.15, 0.2) is 53.6 Å². The topological polar surface area (TPSA) is 115 Å². The average Bonchev–Trinajstić information content (AvgIpc) is 3.31. The first-order valence-electron chi connectivity index (χ1n) is 12.7. The SMILES string of the molecule is CCC1CN(Cc2cc(C(CCc3cn(CC)nn3)CC(=O)O)ccc2C)S(=O)(=O)c2ccccc2O1. The van der Waals surface area contributed by atoms with Crippen molar-refractivity contribution in [2.24, 2.45) is 0 Å². The molecule has 0 amide bonds. The van der Waals surface area contributed by atoms with Gasteiger partial charge in [-0.1, -0.05) is 42.5 Å². The number of carboxylic acids is 1. The minimum Gasteiger partial charge on any atom is -0.488 e. The maximum atomic E-state index is 13.6. The largest absolute Gasteiger partial charge is 0.488 e. The van der Waals surface area contributed by atoms with Crippen molar-refractivity contribution in [3.8, 4) is 5.75 Å². The van der Waals surface area contributed by atoms with Crippen molar-refractivity contribution in [3.05, 3.63) is 71.0 Å². The number of rotatable bonds is 10. The van der Waals surface area contributed by atoms with Gasteiger partial charge in [0.2, 0.25) is 10.0 Å². The summed E-state index contributed by atoms with van der Waals surface area (Å²) in [5, 5.41) is 17.8. The van der Waals surface area contributed by atoms with Crippen molar-refractivity contribution >= 4 is 16.0 Å². The quantitative estimate of drug-likeness (QED) is 0.422. The van der Waals surface area contributed by atoms with E-state index in [4.69, 9.17) is 4.74 Å². The molecule has 0 spiro atoms. The fourth-order valence-corrected chi connectivity index (χ4v) is 6.21. The summed E-state index contributed by atoms with van der Waals surface area (Å²) < 4.78 is 36.5. The van der Waals surface area contributed by atoms with Gasteiger partial charge in [0, 0.05) is 19.3 Å². The van der Waals surface area contributed by atoms with E-state index in [1.54, 1.807) is 28.9 Å². The second-order valence-electron chi connectivity index (χ2n) is 9.48. The predicted molar refractivity (Wildman–Crippen MR) is 139 cm³/mol. The van der Waals surface area contributed by atoms with Crippen LogP contribution < -0.4 is 4.74 Å². The number of aromatic nitrogens is 3. The summed E-state index contributed by atoms with van der Waals surface area (Å²) in [7, 11) is -3.78. The van der Waals surface area contributed by atoms with E-state index in [1.807, 2.05) is 45.2 Å². The van der Waals surface area contributed by atoms with Crippen LogP contribution in [0.25, 0.3) is 0 Å². The number of aliphatic carboxylic acids is 1. The minimum absolute atomic E-state index is 0.0223. The van der Waals surface area contributed by atoms with Gasteiger partial charge in [-0.15, -0.1) is 5.10 Å². The van der Waals surface area contributed by atoms with E-state index in [0.29, 0.717) is 25.0 Å². The summed E-state index contributed by atoms with van der Waals surface area (Å²) in [6, 6.07) is 12.6. The molecule has 0 aliphatic carbocycles. The maximum absolute atomic E-state index is 13.6. The molecule has 2 atom stereocenters. The Hall–Kier alpha value is -3.24. The molecule has 1 aliphatic rings. The van der Waals surface area contributed by atoms with Crippen molar-refractivity contribution in [2.45, 2.75) is 76.5 Å². The van der Waals surface area contributed by atoms with Gasteiger partial charge >= 0.3 is 5.97 Å². The monoisotopic (exact) mass is 526 g/mol. The molecule has 0 bridgehead atoms. The Balaban J connectivity index is 1.61. The zero-order valence-corrected chi connectivity index (χ0v) is 22.3. The van der Waals surface area contributed by atoms with Crippen molar-refractivity contribution in [1.29, 1.82) is 0 Å². The van der Waals surface area contributed by atoms with E-state index in [1.165, 1.54) is 4.31 Å². The molecule has 2 aromatic carbocycles. The van der Waals surface area contributed by atoms with Gasteiger partial charge in [0.05, 0.1) is 18.7 Å². The molecule has 10 heteroatoms. The fraction of sp³-hybridized carbons (Fsp3) is 0.444. The van der Waals surface area contributed by atoms with Gasteiger partial charge in [0.15, 0.2) is 0 Å². The van der Waals surface area contributed by atoms with Gasteiger partial charge in [-0.2, -0.15) is 4.31 Å². The first-order valence-corrected chi connectivity index (χ1v) is 14.1. The van der Waals surface area contributed by atoms with E-state index in [2.05, 4.69) is 10.3 Å². The molecule has 2 heterocycles. The van der Waals surface area contributed by atoms with Crippen molar-refractivity contribution < 1.29 is 23.1 Å². The number of fused-ring (bicyclic) bond motifs is 1. The van der Waals surface area contributed by atoms with E-state index < -0.39 is 16.0 Å². The summed E-state index contributed by atoms with van der Waals surface area (Å²) in [6.45, 7) is 7.05. The summed E-state index contributed by atoms with van der Waals surface area (Å²) in [6.07, 6.45) is 3.46. The Bertz CT molecular complexity index is 1350. The molecule has 1 aliphatic heterocycles. The molecule has 37 heavy (non-hydrogen) atoms. The Labute approximate surface area is 218 Å². The summed E-state index contributed by atoms with van der Waals surface area (Å²) >= 11 is 0. The van der Waals surface area contributed by atoms with Crippen LogP contribution >= 0.6 is 0 Å². The molecule has 2 unspecified atom stereocenters. The number of carbonyl (C=O) groups is 1. The molecule has 1 N–H and O–H groups in total. The van der Waals surface area contributed by atoms with Gasteiger partial charge in [-0.05, 0) is 67.9 Å². The lowest BCUT2D eigenvalue weighted by Gasteiger charge is -2.24. The second-order valence-corrected chi connectivity index (χ2v) is 11.4. The molecular formula is C27H34N4O5S. The third-order valence-corrected chi connectivity index (χ3v) is 8.75. The average molecular weight is 527 g/mol. The molecular weight excluding hydrogens is 492 g/mol. The number of benzene rings is 2. The molecule has 0 radical (unpaired) electrons. The third-order valence-electron chi connectivity index (χ3n) is 6.89. The van der Waals surface area contributed by atoms with Gasteiger partial charge in [-0.3, -0.25) is 9.48 Å². The van der Waals surface area contributed by atoms with Crippen LogP contribution in [-0.4, -0.2) is 51.4 Å². The fourth-order valence-electron chi connectivity index (χ4n) is 4.64. The number of sulfonamides is 1. The Morgan fingerprint density at radius 2 is 2.00 bits per heavy atom. The van der Waals surface area contributed by atoms with Crippen LogP contribution in [-0.2, 0) is 34.3 Å². The highest BCUT2D eigenvalue weighted by Crippen LogP contribution is 2.34. The highest BCUT2D eigenvalue weighted by Gasteiger charge is 2.34. The Morgan fingerprint density at radius 1 is 1.22 bits per heavy atom. The van der Waals surface area contributed by atoms with Gasteiger partial charge in [-0.25, -0.2) is 8.42 Å². The number of nitrogens with zero attached hydrogens (tertiary/aromatic N) is 4. The van der Waals surface area contributed by atoms with Crippen molar-refractivity contribution in [3.63, 3.8) is 0 Å². The molecule has 0 saturated heterocycles. The Kier molecular flexibility index (Phi) is 8.29. The molecule has 1 aromatic heterocycles. The van der Waals surface area contributed by atoms with Crippen LogP contribution in [0.2, 0.25) is 0 Å². The van der Waals surface area contributed by atoms with Crippen LogP contribution in [0.4, 0.5) is 0 Å².